The monoisotopic (exact) mass is 262 g/mol. The third kappa shape index (κ3) is 3.48. The van der Waals surface area contributed by atoms with Crippen molar-refractivity contribution in [1.29, 1.82) is 0 Å². The van der Waals surface area contributed by atoms with Crippen molar-refractivity contribution in [1.82, 2.24) is 10.2 Å². The summed E-state index contributed by atoms with van der Waals surface area (Å²) in [6, 6.07) is 6.65. The third-order valence-corrected chi connectivity index (χ3v) is 4.22. The SMILES string of the molecule is Cc1ccc(C(C)NC2CCN(C)CC2C)c(O)c1. The number of nitrogens with one attached hydrogen (secondary N) is 1. The zero-order valence-corrected chi connectivity index (χ0v) is 12.5. The number of nitrogens with zero attached hydrogens (tertiary/aromatic N) is 1. The summed E-state index contributed by atoms with van der Waals surface area (Å²) in [4.78, 5) is 2.39. The van der Waals surface area contributed by atoms with E-state index in [1.165, 1.54) is 6.42 Å². The Balaban J connectivity index is 2.02. The molecule has 0 aliphatic carbocycles. The van der Waals surface area contributed by atoms with Gasteiger partial charge in [0, 0.05) is 24.2 Å². The van der Waals surface area contributed by atoms with Crippen molar-refractivity contribution in [2.24, 2.45) is 5.92 Å². The first-order valence-corrected chi connectivity index (χ1v) is 7.21. The number of aromatic hydroxyl groups is 1. The molecule has 1 aliphatic rings. The first kappa shape index (κ1) is 14.4. The van der Waals surface area contributed by atoms with Gasteiger partial charge < -0.3 is 15.3 Å². The minimum atomic E-state index is 0.191. The number of piperidine rings is 1. The molecule has 0 aromatic heterocycles. The number of hydrogen-bond donors (Lipinski definition) is 2. The van der Waals surface area contributed by atoms with Gasteiger partial charge in [0.15, 0.2) is 0 Å². The fourth-order valence-corrected chi connectivity index (χ4v) is 3.03. The van der Waals surface area contributed by atoms with Gasteiger partial charge in [0.1, 0.15) is 5.75 Å². The normalized spacial score (nSPS) is 26.3. The lowest BCUT2D eigenvalue weighted by Gasteiger charge is -2.37. The van der Waals surface area contributed by atoms with E-state index in [1.54, 1.807) is 0 Å². The Hall–Kier alpha value is -1.06. The van der Waals surface area contributed by atoms with Gasteiger partial charge in [-0.3, -0.25) is 0 Å². The number of rotatable bonds is 3. The van der Waals surface area contributed by atoms with Crippen molar-refractivity contribution in [2.75, 3.05) is 20.1 Å². The molecule has 0 saturated carbocycles. The fourth-order valence-electron chi connectivity index (χ4n) is 3.03. The minimum absolute atomic E-state index is 0.191. The molecule has 0 bridgehead atoms. The topological polar surface area (TPSA) is 35.5 Å². The van der Waals surface area contributed by atoms with Gasteiger partial charge in [0.05, 0.1) is 0 Å². The van der Waals surface area contributed by atoms with Crippen LogP contribution < -0.4 is 5.32 Å². The van der Waals surface area contributed by atoms with Gasteiger partial charge in [0.25, 0.3) is 0 Å². The number of phenols is 1. The van der Waals surface area contributed by atoms with E-state index in [1.807, 2.05) is 19.1 Å². The van der Waals surface area contributed by atoms with Crippen molar-refractivity contribution < 1.29 is 5.11 Å². The van der Waals surface area contributed by atoms with E-state index < -0.39 is 0 Å². The maximum Gasteiger partial charge on any atom is 0.120 e. The summed E-state index contributed by atoms with van der Waals surface area (Å²) in [5.74, 6) is 1.05. The zero-order chi connectivity index (χ0) is 14.0. The molecule has 1 aromatic rings. The van der Waals surface area contributed by atoms with Crippen LogP contribution in [0.2, 0.25) is 0 Å². The molecule has 0 amide bonds. The molecule has 3 atom stereocenters. The molecular weight excluding hydrogens is 236 g/mol. The summed E-state index contributed by atoms with van der Waals surface area (Å²) in [5.41, 5.74) is 2.10. The largest absolute Gasteiger partial charge is 0.508 e. The summed E-state index contributed by atoms with van der Waals surface area (Å²) < 4.78 is 0. The van der Waals surface area contributed by atoms with Crippen LogP contribution in [0.25, 0.3) is 0 Å². The van der Waals surface area contributed by atoms with Crippen molar-refractivity contribution in [3.63, 3.8) is 0 Å². The summed E-state index contributed by atoms with van der Waals surface area (Å²) in [7, 11) is 2.18. The second-order valence-electron chi connectivity index (χ2n) is 6.09. The van der Waals surface area contributed by atoms with Crippen LogP contribution in [-0.2, 0) is 0 Å². The van der Waals surface area contributed by atoms with Gasteiger partial charge in [-0.15, -0.1) is 0 Å². The number of hydrogen-bond acceptors (Lipinski definition) is 3. The van der Waals surface area contributed by atoms with Crippen LogP contribution in [0.3, 0.4) is 0 Å². The van der Waals surface area contributed by atoms with Crippen LogP contribution in [0, 0.1) is 12.8 Å². The maximum absolute atomic E-state index is 10.1. The van der Waals surface area contributed by atoms with E-state index >= 15 is 0 Å². The van der Waals surface area contributed by atoms with E-state index in [0.29, 0.717) is 17.7 Å². The Kier molecular flexibility index (Phi) is 4.48. The predicted molar refractivity (Wildman–Crippen MR) is 79.5 cm³/mol. The zero-order valence-electron chi connectivity index (χ0n) is 12.5. The highest BCUT2D eigenvalue weighted by Crippen LogP contribution is 2.27. The first-order chi connectivity index (χ1) is 8.97. The number of phenolic OH excluding ortho intramolecular Hbond substituents is 1. The van der Waals surface area contributed by atoms with Crippen LogP contribution >= 0.6 is 0 Å². The van der Waals surface area contributed by atoms with Gasteiger partial charge in [-0.1, -0.05) is 19.1 Å². The van der Waals surface area contributed by atoms with E-state index in [0.717, 1.165) is 24.2 Å². The van der Waals surface area contributed by atoms with Gasteiger partial charge in [0.2, 0.25) is 0 Å². The van der Waals surface area contributed by atoms with Crippen molar-refractivity contribution >= 4 is 0 Å². The Morgan fingerprint density at radius 1 is 1.42 bits per heavy atom. The molecule has 1 fully saturated rings. The van der Waals surface area contributed by atoms with E-state index in [-0.39, 0.29) is 6.04 Å². The minimum Gasteiger partial charge on any atom is -0.508 e. The molecule has 3 nitrogen and oxygen atoms in total. The van der Waals surface area contributed by atoms with Gasteiger partial charge in [-0.2, -0.15) is 0 Å². The van der Waals surface area contributed by atoms with Crippen LogP contribution in [0.1, 0.15) is 37.4 Å². The van der Waals surface area contributed by atoms with E-state index in [9.17, 15) is 5.11 Å². The second kappa shape index (κ2) is 5.93. The lowest BCUT2D eigenvalue weighted by atomic mass is 9.92. The van der Waals surface area contributed by atoms with Gasteiger partial charge in [-0.05, 0) is 51.4 Å². The highest BCUT2D eigenvalue weighted by atomic mass is 16.3. The molecule has 1 saturated heterocycles. The van der Waals surface area contributed by atoms with Crippen molar-refractivity contribution in [2.45, 2.75) is 39.3 Å². The first-order valence-electron chi connectivity index (χ1n) is 7.21. The Labute approximate surface area is 116 Å². The average molecular weight is 262 g/mol. The van der Waals surface area contributed by atoms with Crippen molar-refractivity contribution in [3.8, 4) is 5.75 Å². The van der Waals surface area contributed by atoms with Gasteiger partial charge in [-0.25, -0.2) is 0 Å². The molecule has 2 N–H and O–H groups in total. The predicted octanol–water partition coefficient (Wildman–Crippen LogP) is 2.69. The molecule has 0 radical (unpaired) electrons. The van der Waals surface area contributed by atoms with E-state index in [2.05, 4.69) is 37.2 Å². The highest BCUT2D eigenvalue weighted by molar-refractivity contribution is 5.37. The maximum atomic E-state index is 10.1. The Morgan fingerprint density at radius 3 is 2.79 bits per heavy atom. The Bertz CT molecular complexity index is 433. The number of likely N-dealkylation sites (tertiary alicyclic amines) is 1. The van der Waals surface area contributed by atoms with E-state index in [4.69, 9.17) is 0 Å². The van der Waals surface area contributed by atoms with Gasteiger partial charge >= 0.3 is 0 Å². The number of aryl methyl sites for hydroxylation is 1. The van der Waals surface area contributed by atoms with Crippen LogP contribution in [0.5, 0.6) is 5.75 Å². The highest BCUT2D eigenvalue weighted by Gasteiger charge is 2.25. The van der Waals surface area contributed by atoms with Crippen LogP contribution in [0.15, 0.2) is 18.2 Å². The van der Waals surface area contributed by atoms with Crippen molar-refractivity contribution in [3.05, 3.63) is 29.3 Å². The molecular formula is C16H26N2O. The van der Waals surface area contributed by atoms with Crippen LogP contribution in [0.4, 0.5) is 0 Å². The summed E-state index contributed by atoms with van der Waals surface area (Å²) in [6.07, 6.45) is 1.18. The lowest BCUT2D eigenvalue weighted by Crippen LogP contribution is -2.47. The molecule has 3 unspecified atom stereocenters. The molecule has 1 aliphatic heterocycles. The summed E-state index contributed by atoms with van der Waals surface area (Å²) in [5, 5.41) is 13.7. The molecule has 0 spiro atoms. The number of benzene rings is 1. The molecule has 19 heavy (non-hydrogen) atoms. The second-order valence-corrected chi connectivity index (χ2v) is 6.09. The molecule has 3 heteroatoms. The van der Waals surface area contributed by atoms with Crippen LogP contribution in [-0.4, -0.2) is 36.2 Å². The molecule has 106 valence electrons. The lowest BCUT2D eigenvalue weighted by molar-refractivity contribution is 0.167. The third-order valence-electron chi connectivity index (χ3n) is 4.22. The summed E-state index contributed by atoms with van der Waals surface area (Å²) in [6.45, 7) is 8.73. The molecule has 2 rings (SSSR count). The summed E-state index contributed by atoms with van der Waals surface area (Å²) >= 11 is 0. The quantitative estimate of drug-likeness (QED) is 0.879. The average Bonchev–Trinajstić information content (AvgIpc) is 2.32. The fraction of sp³-hybridized carbons (Fsp3) is 0.625. The Morgan fingerprint density at radius 2 is 2.16 bits per heavy atom. The smallest absolute Gasteiger partial charge is 0.120 e. The standard InChI is InChI=1S/C16H26N2O/c1-11-5-6-14(16(19)9-11)13(3)17-15-7-8-18(4)10-12(15)2/h5-6,9,12-13,15,17,19H,7-8,10H2,1-4H3. The molecule has 1 aromatic carbocycles. The molecule has 1 heterocycles.